The molecule has 3 atom stereocenters. The number of likely N-dealkylation sites (N-methyl/N-ethyl adjacent to an activating group) is 1. The van der Waals surface area contributed by atoms with Crippen molar-refractivity contribution in [2.45, 2.75) is 38.5 Å². The maximum Gasteiger partial charge on any atom is 0.240 e. The molecule has 0 aromatic carbocycles. The zero-order valence-corrected chi connectivity index (χ0v) is 11.3. The molecular formula is C12H25N3O2. The molecule has 0 bridgehead atoms. The summed E-state index contributed by atoms with van der Waals surface area (Å²) < 4.78 is 0. The molecule has 1 amide bonds. The fourth-order valence-corrected chi connectivity index (χ4v) is 2.23. The molecule has 0 saturated carbocycles. The van der Waals surface area contributed by atoms with Crippen molar-refractivity contribution >= 4 is 5.91 Å². The number of nitrogens with two attached hydrogens (primary N) is 1. The Hall–Kier alpha value is -0.650. The van der Waals surface area contributed by atoms with Gasteiger partial charge in [0.25, 0.3) is 0 Å². The Balaban J connectivity index is 2.69. The Bertz CT molecular complexity index is 268. The molecule has 0 spiro atoms. The molecule has 1 aliphatic rings. The van der Waals surface area contributed by atoms with Gasteiger partial charge < -0.3 is 20.6 Å². The summed E-state index contributed by atoms with van der Waals surface area (Å²) in [5.41, 5.74) is 5.89. The first-order chi connectivity index (χ1) is 7.82. The van der Waals surface area contributed by atoms with Crippen LogP contribution in [0.15, 0.2) is 0 Å². The molecule has 5 heteroatoms. The summed E-state index contributed by atoms with van der Waals surface area (Å²) in [6.45, 7) is 5.07. The number of nitrogens with zero attached hydrogens (tertiary/aromatic N) is 2. The van der Waals surface area contributed by atoms with Crippen LogP contribution in [-0.4, -0.2) is 66.2 Å². The van der Waals surface area contributed by atoms with Crippen molar-refractivity contribution in [1.29, 1.82) is 0 Å². The molecule has 2 unspecified atom stereocenters. The normalized spacial score (nSPS) is 26.9. The van der Waals surface area contributed by atoms with Gasteiger partial charge in [-0.2, -0.15) is 0 Å². The smallest absolute Gasteiger partial charge is 0.240 e. The Morgan fingerprint density at radius 1 is 1.53 bits per heavy atom. The molecule has 1 heterocycles. The van der Waals surface area contributed by atoms with E-state index in [2.05, 4.69) is 0 Å². The Morgan fingerprint density at radius 3 is 2.59 bits per heavy atom. The minimum Gasteiger partial charge on any atom is -0.391 e. The largest absolute Gasteiger partial charge is 0.391 e. The lowest BCUT2D eigenvalue weighted by Crippen LogP contribution is -2.50. The standard InChI is InChI=1S/C12H25N3O2/c1-8(2)11(13)12(17)15-7-10(16)5-9(15)6-14(3)4/h8-11,16H,5-7,13H2,1-4H3/t9?,10?,11-/m0/s1. The minimum atomic E-state index is -0.468. The van der Waals surface area contributed by atoms with Crippen LogP contribution < -0.4 is 5.73 Å². The maximum atomic E-state index is 12.2. The average molecular weight is 243 g/mol. The number of rotatable bonds is 4. The highest BCUT2D eigenvalue weighted by atomic mass is 16.3. The fourth-order valence-electron chi connectivity index (χ4n) is 2.23. The first kappa shape index (κ1) is 14.4. The van der Waals surface area contributed by atoms with Gasteiger partial charge in [0.15, 0.2) is 0 Å². The highest BCUT2D eigenvalue weighted by Gasteiger charge is 2.36. The van der Waals surface area contributed by atoms with Gasteiger partial charge in [0.2, 0.25) is 5.91 Å². The second-order valence-corrected chi connectivity index (χ2v) is 5.57. The number of carbonyl (C=O) groups excluding carboxylic acids is 1. The number of aliphatic hydroxyl groups excluding tert-OH is 1. The monoisotopic (exact) mass is 243 g/mol. The second-order valence-electron chi connectivity index (χ2n) is 5.57. The molecular weight excluding hydrogens is 218 g/mol. The van der Waals surface area contributed by atoms with Crippen LogP contribution in [0.25, 0.3) is 0 Å². The van der Waals surface area contributed by atoms with Gasteiger partial charge in [-0.3, -0.25) is 4.79 Å². The first-order valence-electron chi connectivity index (χ1n) is 6.21. The molecule has 100 valence electrons. The van der Waals surface area contributed by atoms with E-state index in [1.54, 1.807) is 4.90 Å². The Morgan fingerprint density at radius 2 is 2.12 bits per heavy atom. The van der Waals surface area contributed by atoms with E-state index in [0.717, 1.165) is 6.54 Å². The van der Waals surface area contributed by atoms with E-state index in [1.165, 1.54) is 0 Å². The summed E-state index contributed by atoms with van der Waals surface area (Å²) in [6, 6.07) is -0.387. The van der Waals surface area contributed by atoms with Crippen LogP contribution in [0, 0.1) is 5.92 Å². The molecule has 5 nitrogen and oxygen atoms in total. The molecule has 0 aromatic rings. The van der Waals surface area contributed by atoms with E-state index in [-0.39, 0.29) is 17.9 Å². The molecule has 17 heavy (non-hydrogen) atoms. The van der Waals surface area contributed by atoms with Gasteiger partial charge in [-0.1, -0.05) is 13.8 Å². The third-order valence-corrected chi connectivity index (χ3v) is 3.25. The third-order valence-electron chi connectivity index (χ3n) is 3.25. The van der Waals surface area contributed by atoms with Gasteiger partial charge in [0, 0.05) is 19.1 Å². The van der Waals surface area contributed by atoms with E-state index >= 15 is 0 Å². The van der Waals surface area contributed by atoms with Gasteiger partial charge in [-0.15, -0.1) is 0 Å². The van der Waals surface area contributed by atoms with Crippen LogP contribution in [0.4, 0.5) is 0 Å². The average Bonchev–Trinajstić information content (AvgIpc) is 2.56. The molecule has 0 radical (unpaired) electrons. The number of carbonyl (C=O) groups is 1. The summed E-state index contributed by atoms with van der Waals surface area (Å²) in [7, 11) is 3.94. The van der Waals surface area contributed by atoms with E-state index in [4.69, 9.17) is 5.73 Å². The summed E-state index contributed by atoms with van der Waals surface area (Å²) in [5, 5.41) is 9.70. The molecule has 1 rings (SSSR count). The lowest BCUT2D eigenvalue weighted by molar-refractivity contribution is -0.134. The zero-order valence-electron chi connectivity index (χ0n) is 11.3. The topological polar surface area (TPSA) is 69.8 Å². The van der Waals surface area contributed by atoms with Gasteiger partial charge in [0.1, 0.15) is 0 Å². The minimum absolute atomic E-state index is 0.0385. The van der Waals surface area contributed by atoms with Crippen LogP contribution in [0.3, 0.4) is 0 Å². The number of amides is 1. The summed E-state index contributed by atoms with van der Waals surface area (Å²) in [6.07, 6.45) is 0.234. The molecule has 0 aromatic heterocycles. The molecule has 3 N–H and O–H groups in total. The maximum absolute atomic E-state index is 12.2. The predicted octanol–water partition coefficient (Wildman–Crippen LogP) is -0.507. The highest BCUT2D eigenvalue weighted by Crippen LogP contribution is 2.20. The van der Waals surface area contributed by atoms with Gasteiger partial charge in [-0.25, -0.2) is 0 Å². The lowest BCUT2D eigenvalue weighted by Gasteiger charge is -2.30. The number of hydrogen-bond acceptors (Lipinski definition) is 4. The van der Waals surface area contributed by atoms with E-state index in [9.17, 15) is 9.90 Å². The van der Waals surface area contributed by atoms with Gasteiger partial charge in [-0.05, 0) is 26.4 Å². The van der Waals surface area contributed by atoms with Crippen molar-refractivity contribution in [3.05, 3.63) is 0 Å². The summed E-state index contributed by atoms with van der Waals surface area (Å²) in [5.74, 6) is 0.0867. The number of aliphatic hydroxyl groups is 1. The van der Waals surface area contributed by atoms with Crippen molar-refractivity contribution in [2.24, 2.45) is 11.7 Å². The summed E-state index contributed by atoms with van der Waals surface area (Å²) in [4.78, 5) is 16.0. The van der Waals surface area contributed by atoms with E-state index < -0.39 is 12.1 Å². The van der Waals surface area contributed by atoms with Crippen molar-refractivity contribution in [3.63, 3.8) is 0 Å². The number of hydrogen-bond donors (Lipinski definition) is 2. The van der Waals surface area contributed by atoms with E-state index in [1.807, 2.05) is 32.8 Å². The highest BCUT2D eigenvalue weighted by molar-refractivity contribution is 5.82. The fraction of sp³-hybridized carbons (Fsp3) is 0.917. The number of β-amino-alcohol motifs (C(OH)–C–C–N with tert-alkyl or cyclic N) is 1. The van der Waals surface area contributed by atoms with E-state index in [0.29, 0.717) is 13.0 Å². The van der Waals surface area contributed by atoms with Crippen molar-refractivity contribution in [1.82, 2.24) is 9.80 Å². The van der Waals surface area contributed by atoms with Crippen LogP contribution in [0.1, 0.15) is 20.3 Å². The Labute approximate surface area is 104 Å². The summed E-state index contributed by atoms with van der Waals surface area (Å²) >= 11 is 0. The quantitative estimate of drug-likeness (QED) is 0.698. The second kappa shape index (κ2) is 5.80. The van der Waals surface area contributed by atoms with Crippen LogP contribution in [-0.2, 0) is 4.79 Å². The first-order valence-corrected chi connectivity index (χ1v) is 6.21. The van der Waals surface area contributed by atoms with Crippen molar-refractivity contribution < 1.29 is 9.90 Å². The SMILES string of the molecule is CC(C)[C@H](N)C(=O)N1CC(O)CC1CN(C)C. The molecule has 1 saturated heterocycles. The molecule has 1 fully saturated rings. The van der Waals surface area contributed by atoms with Crippen molar-refractivity contribution in [3.8, 4) is 0 Å². The van der Waals surface area contributed by atoms with Gasteiger partial charge >= 0.3 is 0 Å². The Kier molecular flexibility index (Phi) is 4.91. The van der Waals surface area contributed by atoms with Crippen LogP contribution >= 0.6 is 0 Å². The zero-order chi connectivity index (χ0) is 13.2. The number of likely N-dealkylation sites (tertiary alicyclic amines) is 1. The molecule has 0 aliphatic carbocycles. The molecule has 1 aliphatic heterocycles. The van der Waals surface area contributed by atoms with Crippen LogP contribution in [0.5, 0.6) is 0 Å². The lowest BCUT2D eigenvalue weighted by atomic mass is 10.0. The van der Waals surface area contributed by atoms with Crippen LogP contribution in [0.2, 0.25) is 0 Å². The van der Waals surface area contributed by atoms with Gasteiger partial charge in [0.05, 0.1) is 12.1 Å². The third kappa shape index (κ3) is 3.66. The predicted molar refractivity (Wildman–Crippen MR) is 67.5 cm³/mol. The van der Waals surface area contributed by atoms with Crippen molar-refractivity contribution in [2.75, 3.05) is 27.2 Å².